The van der Waals surface area contributed by atoms with Crippen LogP contribution < -0.4 is 5.32 Å². The molecule has 0 aromatic carbocycles. The third kappa shape index (κ3) is 4.40. The molecule has 1 N–H and O–H groups in total. The lowest BCUT2D eigenvalue weighted by atomic mass is 9.98. The molecule has 0 saturated heterocycles. The molecule has 0 aliphatic rings. The van der Waals surface area contributed by atoms with Gasteiger partial charge in [-0.05, 0) is 12.8 Å². The zero-order chi connectivity index (χ0) is 13.1. The van der Waals surface area contributed by atoms with Crippen LogP contribution in [0, 0.1) is 5.92 Å². The van der Waals surface area contributed by atoms with Crippen molar-refractivity contribution in [1.82, 2.24) is 10.3 Å². The van der Waals surface area contributed by atoms with Crippen molar-refractivity contribution >= 4 is 11.3 Å². The Morgan fingerprint density at radius 3 is 2.47 bits per heavy atom. The largest absolute Gasteiger partial charge is 0.309 e. The van der Waals surface area contributed by atoms with Crippen molar-refractivity contribution in [2.45, 2.75) is 66.0 Å². The zero-order valence-electron chi connectivity index (χ0n) is 12.0. The Kier molecular flexibility index (Phi) is 5.14. The van der Waals surface area contributed by atoms with E-state index in [0.717, 1.165) is 12.5 Å². The molecule has 0 aliphatic carbocycles. The van der Waals surface area contributed by atoms with Crippen molar-refractivity contribution in [2.75, 3.05) is 0 Å². The van der Waals surface area contributed by atoms with Gasteiger partial charge in [0, 0.05) is 29.1 Å². The third-order valence-electron chi connectivity index (χ3n) is 3.29. The highest BCUT2D eigenvalue weighted by Crippen LogP contribution is 2.26. The molecule has 2 atom stereocenters. The Bertz CT molecular complexity index is 338. The molecule has 2 nitrogen and oxygen atoms in total. The quantitative estimate of drug-likeness (QED) is 0.860. The van der Waals surface area contributed by atoms with E-state index in [4.69, 9.17) is 0 Å². The maximum atomic E-state index is 4.51. The number of nitrogens with one attached hydrogen (secondary N) is 1. The van der Waals surface area contributed by atoms with Crippen molar-refractivity contribution in [3.05, 3.63) is 16.1 Å². The van der Waals surface area contributed by atoms with Gasteiger partial charge in [0.25, 0.3) is 0 Å². The van der Waals surface area contributed by atoms with Crippen LogP contribution in [-0.4, -0.2) is 11.0 Å². The number of aromatic nitrogens is 1. The molecular formula is C14H26N2S. The van der Waals surface area contributed by atoms with E-state index in [2.05, 4.69) is 51.8 Å². The van der Waals surface area contributed by atoms with Crippen molar-refractivity contribution in [1.29, 1.82) is 0 Å². The van der Waals surface area contributed by atoms with Crippen molar-refractivity contribution in [3.8, 4) is 0 Å². The first kappa shape index (κ1) is 14.7. The molecule has 1 aromatic heterocycles. The Balaban J connectivity index is 2.51. The summed E-state index contributed by atoms with van der Waals surface area (Å²) in [5.74, 6) is 0.727. The summed E-state index contributed by atoms with van der Waals surface area (Å²) in [6, 6.07) is 0.570. The SMILES string of the molecule is CCC(C)C(C)NCc1cnc(C(C)(C)C)s1. The maximum Gasteiger partial charge on any atom is 0.0981 e. The van der Waals surface area contributed by atoms with E-state index in [1.807, 2.05) is 17.5 Å². The Hall–Kier alpha value is -0.410. The van der Waals surface area contributed by atoms with E-state index in [-0.39, 0.29) is 5.41 Å². The first-order chi connectivity index (χ1) is 7.84. The number of hydrogen-bond acceptors (Lipinski definition) is 3. The lowest BCUT2D eigenvalue weighted by molar-refractivity contribution is 0.390. The van der Waals surface area contributed by atoms with Gasteiger partial charge in [0.1, 0.15) is 0 Å². The minimum Gasteiger partial charge on any atom is -0.309 e. The van der Waals surface area contributed by atoms with E-state index >= 15 is 0 Å². The van der Waals surface area contributed by atoms with Gasteiger partial charge in [0.05, 0.1) is 5.01 Å². The second-order valence-corrected chi connectivity index (χ2v) is 7.05. The molecule has 0 fully saturated rings. The molecule has 1 rings (SSSR count). The van der Waals surface area contributed by atoms with Crippen molar-refractivity contribution < 1.29 is 0 Å². The number of rotatable bonds is 5. The predicted molar refractivity (Wildman–Crippen MR) is 76.6 cm³/mol. The Morgan fingerprint density at radius 1 is 1.35 bits per heavy atom. The van der Waals surface area contributed by atoms with Crippen LogP contribution in [0.15, 0.2) is 6.20 Å². The molecular weight excluding hydrogens is 228 g/mol. The fourth-order valence-electron chi connectivity index (χ4n) is 1.55. The molecule has 1 aromatic rings. The molecule has 0 amide bonds. The molecule has 0 radical (unpaired) electrons. The summed E-state index contributed by atoms with van der Waals surface area (Å²) in [4.78, 5) is 5.85. The van der Waals surface area contributed by atoms with E-state index in [0.29, 0.717) is 6.04 Å². The van der Waals surface area contributed by atoms with E-state index < -0.39 is 0 Å². The summed E-state index contributed by atoms with van der Waals surface area (Å²) in [6.07, 6.45) is 3.24. The van der Waals surface area contributed by atoms with Gasteiger partial charge in [-0.3, -0.25) is 0 Å². The van der Waals surface area contributed by atoms with Gasteiger partial charge < -0.3 is 5.32 Å². The maximum absolute atomic E-state index is 4.51. The van der Waals surface area contributed by atoms with Crippen LogP contribution in [0.4, 0.5) is 0 Å². The van der Waals surface area contributed by atoms with Crippen LogP contribution in [-0.2, 0) is 12.0 Å². The summed E-state index contributed by atoms with van der Waals surface area (Å²) < 4.78 is 0. The average Bonchev–Trinajstić information content (AvgIpc) is 2.72. The lowest BCUT2D eigenvalue weighted by Crippen LogP contribution is -2.31. The zero-order valence-corrected chi connectivity index (χ0v) is 12.8. The number of hydrogen-bond donors (Lipinski definition) is 1. The minimum absolute atomic E-state index is 0.172. The highest BCUT2D eigenvalue weighted by atomic mass is 32.1. The first-order valence-electron chi connectivity index (χ1n) is 6.53. The second-order valence-electron chi connectivity index (χ2n) is 5.94. The van der Waals surface area contributed by atoms with Gasteiger partial charge in [-0.15, -0.1) is 11.3 Å². The molecule has 1 heterocycles. The van der Waals surface area contributed by atoms with Gasteiger partial charge in [-0.1, -0.05) is 41.0 Å². The molecule has 0 bridgehead atoms. The van der Waals surface area contributed by atoms with Crippen LogP contribution in [0.25, 0.3) is 0 Å². The summed E-state index contributed by atoms with van der Waals surface area (Å²) >= 11 is 1.83. The fourth-order valence-corrected chi connectivity index (χ4v) is 2.47. The number of thiazole rings is 1. The van der Waals surface area contributed by atoms with Gasteiger partial charge >= 0.3 is 0 Å². The monoisotopic (exact) mass is 254 g/mol. The van der Waals surface area contributed by atoms with Gasteiger partial charge in [0.2, 0.25) is 0 Å². The molecule has 3 heteroatoms. The summed E-state index contributed by atoms with van der Waals surface area (Å²) in [7, 11) is 0. The van der Waals surface area contributed by atoms with E-state index in [1.165, 1.54) is 16.3 Å². The average molecular weight is 254 g/mol. The Morgan fingerprint density at radius 2 is 2.00 bits per heavy atom. The third-order valence-corrected chi connectivity index (χ3v) is 4.71. The van der Waals surface area contributed by atoms with Gasteiger partial charge in [-0.2, -0.15) is 0 Å². The highest BCUT2D eigenvalue weighted by molar-refractivity contribution is 7.11. The van der Waals surface area contributed by atoms with Gasteiger partial charge in [-0.25, -0.2) is 4.98 Å². The number of nitrogens with zero attached hydrogens (tertiary/aromatic N) is 1. The van der Waals surface area contributed by atoms with Crippen molar-refractivity contribution in [2.24, 2.45) is 5.92 Å². The normalized spacial score (nSPS) is 15.9. The molecule has 0 saturated carbocycles. The molecule has 98 valence electrons. The first-order valence-corrected chi connectivity index (χ1v) is 7.34. The summed E-state index contributed by atoms with van der Waals surface area (Å²) in [5, 5.41) is 4.81. The second kappa shape index (κ2) is 5.96. The van der Waals surface area contributed by atoms with E-state index in [9.17, 15) is 0 Å². The fraction of sp³-hybridized carbons (Fsp3) is 0.786. The lowest BCUT2D eigenvalue weighted by Gasteiger charge is -2.19. The predicted octanol–water partition coefficient (Wildman–Crippen LogP) is 3.96. The molecule has 2 unspecified atom stereocenters. The molecule has 0 spiro atoms. The van der Waals surface area contributed by atoms with Crippen LogP contribution in [0.1, 0.15) is 57.8 Å². The van der Waals surface area contributed by atoms with Crippen LogP contribution in [0.5, 0.6) is 0 Å². The smallest absolute Gasteiger partial charge is 0.0981 e. The van der Waals surface area contributed by atoms with Crippen molar-refractivity contribution in [3.63, 3.8) is 0 Å². The van der Waals surface area contributed by atoms with E-state index in [1.54, 1.807) is 0 Å². The summed E-state index contributed by atoms with van der Waals surface area (Å²) in [6.45, 7) is 14.4. The summed E-state index contributed by atoms with van der Waals surface area (Å²) in [5.41, 5.74) is 0.172. The molecule has 17 heavy (non-hydrogen) atoms. The Labute approximate surface area is 110 Å². The molecule has 0 aliphatic heterocycles. The van der Waals surface area contributed by atoms with Crippen LogP contribution >= 0.6 is 11.3 Å². The standard InChI is InChI=1S/C14H26N2S/c1-7-10(2)11(3)15-8-12-9-16-13(17-12)14(4,5)6/h9-11,15H,7-8H2,1-6H3. The minimum atomic E-state index is 0.172. The topological polar surface area (TPSA) is 24.9 Å². The highest BCUT2D eigenvalue weighted by Gasteiger charge is 2.18. The van der Waals surface area contributed by atoms with Crippen LogP contribution in [0.2, 0.25) is 0 Å². The van der Waals surface area contributed by atoms with Crippen LogP contribution in [0.3, 0.4) is 0 Å². The van der Waals surface area contributed by atoms with Gasteiger partial charge in [0.15, 0.2) is 0 Å².